The first-order chi connectivity index (χ1) is 7.13. The molecule has 0 fully saturated rings. The van der Waals surface area contributed by atoms with E-state index in [9.17, 15) is 4.79 Å². The van der Waals surface area contributed by atoms with Crippen molar-refractivity contribution in [2.75, 3.05) is 6.54 Å². The van der Waals surface area contributed by atoms with Crippen molar-refractivity contribution in [1.82, 2.24) is 5.32 Å². The standard InChI is InChI=1S/C11H11BrN2O/c1-8(6-13)7-14-11(15)9-2-4-10(12)5-3-9/h2-5,8H,7H2,1H3,(H,14,15). The molecule has 0 aliphatic carbocycles. The zero-order valence-corrected chi connectivity index (χ0v) is 9.91. The van der Waals surface area contributed by atoms with Gasteiger partial charge >= 0.3 is 0 Å². The van der Waals surface area contributed by atoms with Gasteiger partial charge in [0.05, 0.1) is 12.0 Å². The Hall–Kier alpha value is -1.34. The van der Waals surface area contributed by atoms with Crippen LogP contribution in [0, 0.1) is 17.2 Å². The zero-order valence-electron chi connectivity index (χ0n) is 8.33. The van der Waals surface area contributed by atoms with Crippen molar-refractivity contribution < 1.29 is 4.79 Å². The summed E-state index contributed by atoms with van der Waals surface area (Å²) in [6.07, 6.45) is 0. The summed E-state index contributed by atoms with van der Waals surface area (Å²) in [5.41, 5.74) is 0.600. The SMILES string of the molecule is CC(C#N)CNC(=O)c1ccc(Br)cc1. The molecule has 0 aliphatic rings. The minimum Gasteiger partial charge on any atom is -0.351 e. The van der Waals surface area contributed by atoms with Crippen LogP contribution in [0.1, 0.15) is 17.3 Å². The van der Waals surface area contributed by atoms with Gasteiger partial charge in [-0.1, -0.05) is 15.9 Å². The van der Waals surface area contributed by atoms with Gasteiger partial charge < -0.3 is 5.32 Å². The van der Waals surface area contributed by atoms with Gasteiger partial charge in [-0.05, 0) is 31.2 Å². The molecule has 0 aromatic heterocycles. The van der Waals surface area contributed by atoms with Gasteiger partial charge in [0.15, 0.2) is 0 Å². The van der Waals surface area contributed by atoms with E-state index in [-0.39, 0.29) is 11.8 Å². The van der Waals surface area contributed by atoms with Crippen LogP contribution in [0.5, 0.6) is 0 Å². The number of hydrogen-bond acceptors (Lipinski definition) is 2. The third-order valence-electron chi connectivity index (χ3n) is 1.90. The molecule has 0 radical (unpaired) electrons. The lowest BCUT2D eigenvalue weighted by Crippen LogP contribution is -2.27. The lowest BCUT2D eigenvalue weighted by Gasteiger charge is -2.05. The lowest BCUT2D eigenvalue weighted by molar-refractivity contribution is 0.0951. The summed E-state index contributed by atoms with van der Waals surface area (Å²) >= 11 is 3.29. The highest BCUT2D eigenvalue weighted by atomic mass is 79.9. The van der Waals surface area contributed by atoms with E-state index < -0.39 is 0 Å². The number of amides is 1. The van der Waals surface area contributed by atoms with Crippen LogP contribution < -0.4 is 5.32 Å². The van der Waals surface area contributed by atoms with Gasteiger partial charge in [-0.2, -0.15) is 5.26 Å². The predicted octanol–water partition coefficient (Wildman–Crippen LogP) is 2.34. The van der Waals surface area contributed by atoms with Crippen LogP contribution in [0.25, 0.3) is 0 Å². The first-order valence-electron chi connectivity index (χ1n) is 4.57. The second-order valence-corrected chi connectivity index (χ2v) is 4.16. The molecule has 0 heterocycles. The fourth-order valence-corrected chi connectivity index (χ4v) is 1.26. The van der Waals surface area contributed by atoms with Crippen molar-refractivity contribution in [3.8, 4) is 6.07 Å². The predicted molar refractivity (Wildman–Crippen MR) is 61.3 cm³/mol. The Balaban J connectivity index is 2.55. The molecule has 1 aromatic rings. The number of nitrogens with zero attached hydrogens (tertiary/aromatic N) is 1. The number of nitriles is 1. The summed E-state index contributed by atoms with van der Waals surface area (Å²) in [6.45, 7) is 2.15. The van der Waals surface area contributed by atoms with E-state index in [0.29, 0.717) is 12.1 Å². The number of halogens is 1. The maximum absolute atomic E-state index is 11.5. The fraction of sp³-hybridized carbons (Fsp3) is 0.273. The van der Waals surface area contributed by atoms with Gasteiger partial charge in [0, 0.05) is 16.6 Å². The van der Waals surface area contributed by atoms with Gasteiger partial charge in [0.2, 0.25) is 0 Å². The highest BCUT2D eigenvalue weighted by molar-refractivity contribution is 9.10. The lowest BCUT2D eigenvalue weighted by atomic mass is 10.2. The molecular formula is C11H11BrN2O. The van der Waals surface area contributed by atoms with Crippen LogP contribution in [0.15, 0.2) is 28.7 Å². The first kappa shape index (κ1) is 11.7. The smallest absolute Gasteiger partial charge is 0.251 e. The Morgan fingerprint density at radius 3 is 2.67 bits per heavy atom. The number of carbonyl (C=O) groups is 1. The van der Waals surface area contributed by atoms with E-state index in [1.165, 1.54) is 0 Å². The van der Waals surface area contributed by atoms with Gasteiger partial charge in [-0.3, -0.25) is 4.79 Å². The van der Waals surface area contributed by atoms with Crippen molar-refractivity contribution >= 4 is 21.8 Å². The van der Waals surface area contributed by atoms with E-state index >= 15 is 0 Å². The minimum absolute atomic E-state index is 0.149. The normalized spacial score (nSPS) is 11.5. The molecule has 1 N–H and O–H groups in total. The van der Waals surface area contributed by atoms with Gasteiger partial charge in [0.25, 0.3) is 5.91 Å². The molecule has 1 rings (SSSR count). The number of hydrogen-bond donors (Lipinski definition) is 1. The molecule has 1 unspecified atom stereocenters. The molecule has 1 amide bonds. The summed E-state index contributed by atoms with van der Waals surface area (Å²) in [7, 11) is 0. The second kappa shape index (κ2) is 5.52. The number of carbonyl (C=O) groups excluding carboxylic acids is 1. The molecule has 0 saturated carbocycles. The molecular weight excluding hydrogens is 256 g/mol. The van der Waals surface area contributed by atoms with E-state index in [1.54, 1.807) is 19.1 Å². The van der Waals surface area contributed by atoms with Crippen LogP contribution in [0.3, 0.4) is 0 Å². The van der Waals surface area contributed by atoms with Crippen molar-refractivity contribution in [3.63, 3.8) is 0 Å². The van der Waals surface area contributed by atoms with E-state index in [0.717, 1.165) is 4.47 Å². The van der Waals surface area contributed by atoms with Crippen molar-refractivity contribution in [2.45, 2.75) is 6.92 Å². The average Bonchev–Trinajstić information content (AvgIpc) is 2.26. The van der Waals surface area contributed by atoms with Crippen LogP contribution in [-0.2, 0) is 0 Å². The Kier molecular flexibility index (Phi) is 4.32. The van der Waals surface area contributed by atoms with Gasteiger partial charge in [-0.25, -0.2) is 0 Å². The highest BCUT2D eigenvalue weighted by Gasteiger charge is 2.06. The molecule has 4 heteroatoms. The maximum atomic E-state index is 11.5. The fourth-order valence-electron chi connectivity index (χ4n) is 0.995. The van der Waals surface area contributed by atoms with Crippen LogP contribution in [0.2, 0.25) is 0 Å². The molecule has 0 saturated heterocycles. The summed E-state index contributed by atoms with van der Waals surface area (Å²) in [4.78, 5) is 11.5. The summed E-state index contributed by atoms with van der Waals surface area (Å²) in [5.74, 6) is -0.311. The number of nitrogens with one attached hydrogen (secondary N) is 1. The highest BCUT2D eigenvalue weighted by Crippen LogP contribution is 2.10. The number of rotatable bonds is 3. The van der Waals surface area contributed by atoms with E-state index in [1.807, 2.05) is 12.1 Å². The largest absolute Gasteiger partial charge is 0.351 e. The van der Waals surface area contributed by atoms with Crippen LogP contribution >= 0.6 is 15.9 Å². The van der Waals surface area contributed by atoms with Crippen molar-refractivity contribution in [3.05, 3.63) is 34.3 Å². The summed E-state index contributed by atoms with van der Waals surface area (Å²) in [5, 5.41) is 11.2. The van der Waals surface area contributed by atoms with E-state index in [4.69, 9.17) is 5.26 Å². The molecule has 1 atom stereocenters. The topological polar surface area (TPSA) is 52.9 Å². The quantitative estimate of drug-likeness (QED) is 0.913. The third kappa shape index (κ3) is 3.72. The Bertz CT molecular complexity index is 381. The van der Waals surface area contributed by atoms with E-state index in [2.05, 4.69) is 27.3 Å². The monoisotopic (exact) mass is 266 g/mol. The first-order valence-corrected chi connectivity index (χ1v) is 5.36. The summed E-state index contributed by atoms with van der Waals surface area (Å²) < 4.78 is 0.935. The van der Waals surface area contributed by atoms with Crippen molar-refractivity contribution in [1.29, 1.82) is 5.26 Å². The van der Waals surface area contributed by atoms with Gasteiger partial charge in [-0.15, -0.1) is 0 Å². The second-order valence-electron chi connectivity index (χ2n) is 3.25. The molecule has 78 valence electrons. The summed E-state index contributed by atoms with van der Waals surface area (Å²) in [6, 6.07) is 9.14. The molecule has 0 aliphatic heterocycles. The molecule has 3 nitrogen and oxygen atoms in total. The average molecular weight is 267 g/mol. The molecule has 0 spiro atoms. The van der Waals surface area contributed by atoms with Crippen LogP contribution in [-0.4, -0.2) is 12.5 Å². The van der Waals surface area contributed by atoms with Crippen LogP contribution in [0.4, 0.5) is 0 Å². The number of benzene rings is 1. The Labute approximate surface area is 97.2 Å². The molecule has 1 aromatic carbocycles. The Morgan fingerprint density at radius 1 is 1.53 bits per heavy atom. The zero-order chi connectivity index (χ0) is 11.3. The van der Waals surface area contributed by atoms with Gasteiger partial charge in [0.1, 0.15) is 0 Å². The minimum atomic E-state index is -0.163. The molecule has 0 bridgehead atoms. The Morgan fingerprint density at radius 2 is 2.13 bits per heavy atom. The molecule has 15 heavy (non-hydrogen) atoms. The maximum Gasteiger partial charge on any atom is 0.251 e. The third-order valence-corrected chi connectivity index (χ3v) is 2.42. The van der Waals surface area contributed by atoms with Crippen molar-refractivity contribution in [2.24, 2.45) is 5.92 Å².